The third-order valence-corrected chi connectivity index (χ3v) is 5.19. The number of hydrogen-bond donors (Lipinski definition) is 2. The van der Waals surface area contributed by atoms with Gasteiger partial charge >= 0.3 is 0 Å². The second kappa shape index (κ2) is 10.3. The number of aromatic nitrogens is 1. The molecule has 2 N–H and O–H groups in total. The Balaban J connectivity index is 2.29. The lowest BCUT2D eigenvalue weighted by molar-refractivity contribution is 0.0859. The topological polar surface area (TPSA) is 64.5 Å². The van der Waals surface area contributed by atoms with Gasteiger partial charge in [0.25, 0.3) is 0 Å². The van der Waals surface area contributed by atoms with Crippen molar-refractivity contribution in [1.82, 2.24) is 10.3 Å². The van der Waals surface area contributed by atoms with Gasteiger partial charge < -0.3 is 19.9 Å². The molecular weight excluding hydrogens is 350 g/mol. The average Bonchev–Trinajstić information content (AvgIpc) is 2.67. The molecule has 0 unspecified atom stereocenters. The van der Waals surface area contributed by atoms with E-state index in [1.165, 1.54) is 0 Å². The van der Waals surface area contributed by atoms with Crippen LogP contribution in [0.1, 0.15) is 57.9 Å². The molecule has 1 aliphatic rings. The number of rotatable bonds is 9. The number of piperidine rings is 1. The van der Waals surface area contributed by atoms with E-state index in [4.69, 9.17) is 10.1 Å². The SMILES string of the molecule is CCCC(CCC)O/C(NC)=C1\CCCN(c2cnc(N(C)C)cc2C)C1=N. The van der Waals surface area contributed by atoms with Crippen LogP contribution in [0.3, 0.4) is 0 Å². The van der Waals surface area contributed by atoms with Gasteiger partial charge in [-0.3, -0.25) is 5.41 Å². The zero-order valence-electron chi connectivity index (χ0n) is 18.4. The van der Waals surface area contributed by atoms with Gasteiger partial charge in [-0.1, -0.05) is 26.7 Å². The van der Waals surface area contributed by atoms with Crippen LogP contribution in [0.25, 0.3) is 0 Å². The Labute approximate surface area is 170 Å². The minimum Gasteiger partial charge on any atom is -0.476 e. The zero-order chi connectivity index (χ0) is 20.7. The van der Waals surface area contributed by atoms with E-state index in [0.717, 1.165) is 73.6 Å². The van der Waals surface area contributed by atoms with Gasteiger partial charge in [0.1, 0.15) is 17.8 Å². The predicted octanol–water partition coefficient (Wildman–Crippen LogP) is 4.45. The normalized spacial score (nSPS) is 16.4. The molecule has 0 amide bonds. The number of aryl methyl sites for hydroxylation is 1. The summed E-state index contributed by atoms with van der Waals surface area (Å²) in [7, 11) is 5.87. The molecule has 2 heterocycles. The van der Waals surface area contributed by atoms with Gasteiger partial charge in [0.15, 0.2) is 5.88 Å². The van der Waals surface area contributed by atoms with Crippen LogP contribution in [-0.4, -0.2) is 44.6 Å². The lowest BCUT2D eigenvalue weighted by Crippen LogP contribution is -2.39. The van der Waals surface area contributed by atoms with E-state index in [1.54, 1.807) is 0 Å². The largest absolute Gasteiger partial charge is 0.476 e. The molecule has 156 valence electrons. The maximum absolute atomic E-state index is 8.87. The summed E-state index contributed by atoms with van der Waals surface area (Å²) in [6.07, 6.45) is 8.23. The molecule has 28 heavy (non-hydrogen) atoms. The molecule has 0 aromatic carbocycles. The fourth-order valence-electron chi connectivity index (χ4n) is 3.68. The third-order valence-electron chi connectivity index (χ3n) is 5.19. The van der Waals surface area contributed by atoms with Crippen molar-refractivity contribution in [2.24, 2.45) is 0 Å². The van der Waals surface area contributed by atoms with E-state index in [2.05, 4.69) is 42.0 Å². The van der Waals surface area contributed by atoms with Gasteiger partial charge in [0, 0.05) is 27.7 Å². The summed E-state index contributed by atoms with van der Waals surface area (Å²) in [5, 5.41) is 12.1. The first kappa shape index (κ1) is 22.1. The molecule has 1 fully saturated rings. The highest BCUT2D eigenvalue weighted by Crippen LogP contribution is 2.30. The zero-order valence-corrected chi connectivity index (χ0v) is 18.4. The second-order valence-corrected chi connectivity index (χ2v) is 7.70. The Morgan fingerprint density at radius 1 is 1.32 bits per heavy atom. The van der Waals surface area contributed by atoms with Crippen LogP contribution in [0, 0.1) is 12.3 Å². The molecule has 0 atom stereocenters. The van der Waals surface area contributed by atoms with Crippen LogP contribution in [0.4, 0.5) is 11.5 Å². The van der Waals surface area contributed by atoms with Crippen LogP contribution < -0.4 is 15.1 Å². The molecule has 2 rings (SSSR count). The number of pyridine rings is 1. The number of amidine groups is 1. The second-order valence-electron chi connectivity index (χ2n) is 7.70. The van der Waals surface area contributed by atoms with Crippen LogP contribution in [0.2, 0.25) is 0 Å². The summed E-state index contributed by atoms with van der Waals surface area (Å²) in [6.45, 7) is 7.30. The number of nitrogens with one attached hydrogen (secondary N) is 2. The summed E-state index contributed by atoms with van der Waals surface area (Å²) in [4.78, 5) is 8.62. The molecular formula is C22H37N5O. The van der Waals surface area contributed by atoms with Crippen LogP contribution in [0.5, 0.6) is 0 Å². The van der Waals surface area contributed by atoms with Crippen LogP contribution in [-0.2, 0) is 4.74 Å². The van der Waals surface area contributed by atoms with E-state index in [9.17, 15) is 0 Å². The molecule has 1 aromatic heterocycles. The van der Waals surface area contributed by atoms with Gasteiger partial charge in [0.05, 0.1) is 17.5 Å². The van der Waals surface area contributed by atoms with Crippen molar-refractivity contribution in [3.05, 3.63) is 29.3 Å². The van der Waals surface area contributed by atoms with Crippen molar-refractivity contribution in [2.45, 2.75) is 65.4 Å². The van der Waals surface area contributed by atoms with Gasteiger partial charge in [-0.2, -0.15) is 0 Å². The molecule has 6 nitrogen and oxygen atoms in total. The Hall–Kier alpha value is -2.24. The standard InChI is InChI=1S/C22H37N5O/c1-7-10-17(11-8-2)28-22(24-4)18-12-9-13-27(21(18)23)19-15-25-20(26(5)6)14-16(19)3/h14-15,17,23-24H,7-13H2,1-6H3/b22-18+,23-21?. The van der Waals surface area contributed by atoms with Gasteiger partial charge in [0.2, 0.25) is 0 Å². The van der Waals surface area contributed by atoms with Crippen molar-refractivity contribution in [3.63, 3.8) is 0 Å². The minimum atomic E-state index is 0.205. The molecule has 1 saturated heterocycles. The molecule has 0 aliphatic carbocycles. The third kappa shape index (κ3) is 5.18. The fraction of sp³-hybridized carbons (Fsp3) is 0.636. The highest BCUT2D eigenvalue weighted by atomic mass is 16.5. The summed E-state index contributed by atoms with van der Waals surface area (Å²) in [5.74, 6) is 2.21. The lowest BCUT2D eigenvalue weighted by Gasteiger charge is -2.34. The Morgan fingerprint density at radius 3 is 2.54 bits per heavy atom. The highest BCUT2D eigenvalue weighted by molar-refractivity contribution is 6.09. The number of anilines is 2. The molecule has 0 saturated carbocycles. The van der Waals surface area contributed by atoms with Crippen LogP contribution >= 0.6 is 0 Å². The van der Waals surface area contributed by atoms with Crippen molar-refractivity contribution in [1.29, 1.82) is 5.41 Å². The molecule has 1 aliphatic heterocycles. The van der Waals surface area contributed by atoms with Crippen molar-refractivity contribution in [3.8, 4) is 0 Å². The Bertz CT molecular complexity index is 692. The summed E-state index contributed by atoms with van der Waals surface area (Å²) >= 11 is 0. The maximum Gasteiger partial charge on any atom is 0.193 e. The molecule has 0 bridgehead atoms. The molecule has 0 spiro atoms. The fourth-order valence-corrected chi connectivity index (χ4v) is 3.68. The highest BCUT2D eigenvalue weighted by Gasteiger charge is 2.27. The van der Waals surface area contributed by atoms with E-state index < -0.39 is 0 Å². The molecule has 1 aromatic rings. The summed E-state index contributed by atoms with van der Waals surface area (Å²) in [6, 6.07) is 2.08. The van der Waals surface area contributed by atoms with Crippen molar-refractivity contribution < 1.29 is 4.74 Å². The maximum atomic E-state index is 8.87. The van der Waals surface area contributed by atoms with E-state index >= 15 is 0 Å². The first-order valence-corrected chi connectivity index (χ1v) is 10.5. The van der Waals surface area contributed by atoms with E-state index in [-0.39, 0.29) is 6.10 Å². The number of hydrogen-bond acceptors (Lipinski definition) is 5. The quantitative estimate of drug-likeness (QED) is 0.613. The summed E-state index contributed by atoms with van der Waals surface area (Å²) in [5.41, 5.74) is 3.09. The van der Waals surface area contributed by atoms with E-state index in [1.807, 2.05) is 32.2 Å². The smallest absolute Gasteiger partial charge is 0.193 e. The monoisotopic (exact) mass is 387 g/mol. The number of nitrogens with zero attached hydrogens (tertiary/aromatic N) is 3. The van der Waals surface area contributed by atoms with Crippen LogP contribution in [0.15, 0.2) is 23.7 Å². The first-order chi connectivity index (χ1) is 13.4. The number of ether oxygens (including phenoxy) is 1. The summed E-state index contributed by atoms with van der Waals surface area (Å²) < 4.78 is 6.33. The van der Waals surface area contributed by atoms with Crippen molar-refractivity contribution >= 4 is 17.3 Å². The van der Waals surface area contributed by atoms with Gasteiger partial charge in [-0.05, 0) is 44.2 Å². The van der Waals surface area contributed by atoms with Crippen molar-refractivity contribution in [2.75, 3.05) is 37.5 Å². The molecule has 0 radical (unpaired) electrons. The Kier molecular flexibility index (Phi) is 8.15. The average molecular weight is 388 g/mol. The van der Waals surface area contributed by atoms with Gasteiger partial charge in [-0.25, -0.2) is 4.98 Å². The first-order valence-electron chi connectivity index (χ1n) is 10.5. The van der Waals surface area contributed by atoms with E-state index in [0.29, 0.717) is 5.84 Å². The Morgan fingerprint density at radius 2 is 2.00 bits per heavy atom. The minimum absolute atomic E-state index is 0.205. The lowest BCUT2D eigenvalue weighted by atomic mass is 10.0. The molecule has 6 heteroatoms. The van der Waals surface area contributed by atoms with Gasteiger partial charge in [-0.15, -0.1) is 0 Å². The predicted molar refractivity (Wildman–Crippen MR) is 118 cm³/mol.